The monoisotopic (exact) mass is 498 g/mol. The first-order valence-corrected chi connectivity index (χ1v) is 13.0. The number of imide groups is 1. The number of piperidine rings is 1. The summed E-state index contributed by atoms with van der Waals surface area (Å²) in [4.78, 5) is 47.4. The molecule has 0 saturated carbocycles. The number of hydrogen-bond donors (Lipinski definition) is 1. The zero-order chi connectivity index (χ0) is 24.9. The molecular weight excluding hydrogens is 472 g/mol. The van der Waals surface area contributed by atoms with Crippen molar-refractivity contribution in [3.05, 3.63) is 77.3 Å². The summed E-state index contributed by atoms with van der Waals surface area (Å²) in [6, 6.07) is 21.0. The van der Waals surface area contributed by atoms with Gasteiger partial charge in [-0.15, -0.1) is 11.3 Å². The molecule has 1 aromatic heterocycles. The molecule has 2 aliphatic rings. The first-order valence-electron chi connectivity index (χ1n) is 12.2. The smallest absolute Gasteiger partial charge is 0.325 e. The highest BCUT2D eigenvalue weighted by Gasteiger charge is 2.50. The van der Waals surface area contributed by atoms with Crippen LogP contribution in [-0.2, 0) is 15.1 Å². The molecule has 4 aromatic rings. The quantitative estimate of drug-likeness (QED) is 0.416. The van der Waals surface area contributed by atoms with Gasteiger partial charge in [0, 0.05) is 19.0 Å². The second-order valence-corrected chi connectivity index (χ2v) is 10.7. The maximum Gasteiger partial charge on any atom is 0.325 e. The molecular formula is C28H26N4O3S. The van der Waals surface area contributed by atoms with Gasteiger partial charge in [0.05, 0.1) is 15.2 Å². The number of aromatic nitrogens is 1. The normalized spacial score (nSPS) is 22.4. The van der Waals surface area contributed by atoms with Gasteiger partial charge in [0.2, 0.25) is 5.91 Å². The minimum atomic E-state index is -1.23. The third-order valence-electron chi connectivity index (χ3n) is 7.33. The Hall–Kier alpha value is -3.78. The Morgan fingerprint density at radius 2 is 1.86 bits per heavy atom. The second-order valence-electron chi connectivity index (χ2n) is 9.67. The summed E-state index contributed by atoms with van der Waals surface area (Å²) in [5.74, 6) is -0.465. The number of fused-ring (bicyclic) bond motifs is 2. The molecule has 1 N–H and O–H groups in total. The number of amides is 4. The van der Waals surface area contributed by atoms with E-state index in [9.17, 15) is 14.4 Å². The van der Waals surface area contributed by atoms with Crippen LogP contribution in [0.3, 0.4) is 0 Å². The van der Waals surface area contributed by atoms with Gasteiger partial charge in [0.25, 0.3) is 5.91 Å². The Labute approximate surface area is 212 Å². The van der Waals surface area contributed by atoms with Crippen LogP contribution < -0.4 is 5.32 Å². The predicted molar refractivity (Wildman–Crippen MR) is 140 cm³/mol. The number of rotatable bonds is 4. The van der Waals surface area contributed by atoms with E-state index in [2.05, 4.69) is 11.4 Å². The molecule has 8 heteroatoms. The van der Waals surface area contributed by atoms with Crippen molar-refractivity contribution >= 4 is 50.2 Å². The predicted octanol–water partition coefficient (Wildman–Crippen LogP) is 4.62. The number of likely N-dealkylation sites (tertiary alicyclic amines) is 1. The van der Waals surface area contributed by atoms with Crippen LogP contribution in [0.2, 0.25) is 0 Å². The van der Waals surface area contributed by atoms with Crippen molar-refractivity contribution in [2.45, 2.75) is 31.2 Å². The molecule has 0 spiro atoms. The van der Waals surface area contributed by atoms with Crippen LogP contribution in [0.15, 0.2) is 66.7 Å². The van der Waals surface area contributed by atoms with Crippen molar-refractivity contribution in [2.24, 2.45) is 0 Å². The van der Waals surface area contributed by atoms with Crippen LogP contribution in [0.5, 0.6) is 0 Å². The lowest BCUT2D eigenvalue weighted by molar-refractivity contribution is -0.139. The third-order valence-corrected chi connectivity index (χ3v) is 8.53. The van der Waals surface area contributed by atoms with E-state index in [0.717, 1.165) is 49.3 Å². The summed E-state index contributed by atoms with van der Waals surface area (Å²) in [5, 5.41) is 5.78. The fraction of sp³-hybridized carbons (Fsp3) is 0.286. The minimum Gasteiger partial charge on any atom is -0.340 e. The van der Waals surface area contributed by atoms with Crippen LogP contribution >= 0.6 is 11.3 Å². The molecule has 2 saturated heterocycles. The highest BCUT2D eigenvalue weighted by molar-refractivity contribution is 7.18. The Morgan fingerprint density at radius 3 is 2.72 bits per heavy atom. The average molecular weight is 499 g/mol. The van der Waals surface area contributed by atoms with Crippen LogP contribution in [0.1, 0.15) is 36.3 Å². The number of urea groups is 1. The van der Waals surface area contributed by atoms with E-state index in [1.54, 1.807) is 23.2 Å². The Balaban J connectivity index is 1.20. The van der Waals surface area contributed by atoms with Gasteiger partial charge in [0.15, 0.2) is 0 Å². The number of benzene rings is 3. The Morgan fingerprint density at radius 1 is 1.08 bits per heavy atom. The molecule has 0 unspecified atom stereocenters. The first kappa shape index (κ1) is 22.7. The van der Waals surface area contributed by atoms with Crippen molar-refractivity contribution in [3.8, 4) is 0 Å². The zero-order valence-corrected chi connectivity index (χ0v) is 20.8. The van der Waals surface area contributed by atoms with Gasteiger partial charge in [-0.1, -0.05) is 54.6 Å². The van der Waals surface area contributed by atoms with E-state index in [4.69, 9.17) is 4.98 Å². The van der Waals surface area contributed by atoms with Gasteiger partial charge < -0.3 is 10.2 Å². The lowest BCUT2D eigenvalue weighted by atomic mass is 9.88. The molecule has 0 aliphatic carbocycles. The molecule has 3 aromatic carbocycles. The SMILES string of the molecule is C[C@@]1(c2cccc3ccccc23)NC(=O)N(CC(=O)N2CCC[C@@H](c3nc4ccccc4s3)C2)C1=O. The second kappa shape index (κ2) is 8.71. The largest absolute Gasteiger partial charge is 0.340 e. The molecule has 7 nitrogen and oxygen atoms in total. The van der Waals surface area contributed by atoms with Gasteiger partial charge in [0.1, 0.15) is 12.1 Å². The molecule has 2 fully saturated rings. The summed E-state index contributed by atoms with van der Waals surface area (Å²) in [7, 11) is 0. The molecule has 182 valence electrons. The number of thiazole rings is 1. The molecule has 0 bridgehead atoms. The number of hydrogen-bond acceptors (Lipinski definition) is 5. The first-order chi connectivity index (χ1) is 17.4. The zero-order valence-electron chi connectivity index (χ0n) is 19.9. The standard InChI is InChI=1S/C28H26N4O3S/c1-28(21-12-6-9-18-8-2-3-11-20(18)21)26(34)32(27(35)30-28)17-24(33)31-15-7-10-19(16-31)25-29-22-13-4-5-14-23(22)36-25/h2-6,8-9,11-14,19H,7,10,15-17H2,1H3,(H,30,35)/t19-,28+/m1/s1. The molecule has 3 heterocycles. The lowest BCUT2D eigenvalue weighted by Crippen LogP contribution is -2.47. The fourth-order valence-electron chi connectivity index (χ4n) is 5.39. The Kier molecular flexibility index (Phi) is 5.48. The van der Waals surface area contributed by atoms with Crippen LogP contribution in [0, 0.1) is 0 Å². The number of carbonyl (C=O) groups is 3. The van der Waals surface area contributed by atoms with Gasteiger partial charge >= 0.3 is 6.03 Å². The van der Waals surface area contributed by atoms with Crippen molar-refractivity contribution < 1.29 is 14.4 Å². The molecule has 0 radical (unpaired) electrons. The van der Waals surface area contributed by atoms with E-state index in [1.807, 2.05) is 60.7 Å². The van der Waals surface area contributed by atoms with Crippen LogP contribution in [-0.4, -0.2) is 52.3 Å². The summed E-state index contributed by atoms with van der Waals surface area (Å²) >= 11 is 1.67. The summed E-state index contributed by atoms with van der Waals surface area (Å²) in [5.41, 5.74) is 0.472. The average Bonchev–Trinajstić information content (AvgIpc) is 3.43. The molecule has 6 rings (SSSR count). The van der Waals surface area contributed by atoms with Gasteiger partial charge in [-0.25, -0.2) is 9.78 Å². The Bertz CT molecular complexity index is 1480. The number of carbonyl (C=O) groups excluding carboxylic acids is 3. The van der Waals surface area contributed by atoms with Crippen LogP contribution in [0.4, 0.5) is 4.79 Å². The third kappa shape index (κ3) is 3.73. The highest BCUT2D eigenvalue weighted by atomic mass is 32.1. The van der Waals surface area contributed by atoms with E-state index in [-0.39, 0.29) is 18.4 Å². The number of nitrogens with one attached hydrogen (secondary N) is 1. The van der Waals surface area contributed by atoms with E-state index in [0.29, 0.717) is 13.1 Å². The summed E-state index contributed by atoms with van der Waals surface area (Å²) in [6.07, 6.45) is 1.83. The maximum atomic E-state index is 13.5. The minimum absolute atomic E-state index is 0.157. The van der Waals surface area contributed by atoms with Crippen molar-refractivity contribution in [3.63, 3.8) is 0 Å². The summed E-state index contributed by atoms with van der Waals surface area (Å²) in [6.45, 7) is 2.61. The van der Waals surface area contributed by atoms with Crippen molar-refractivity contribution in [1.82, 2.24) is 20.1 Å². The number of para-hydroxylation sites is 1. The van der Waals surface area contributed by atoms with Gasteiger partial charge in [-0.3, -0.25) is 14.5 Å². The van der Waals surface area contributed by atoms with Crippen molar-refractivity contribution in [1.29, 1.82) is 0 Å². The molecule has 4 amide bonds. The van der Waals surface area contributed by atoms with E-state index < -0.39 is 17.5 Å². The fourth-order valence-corrected chi connectivity index (χ4v) is 6.48. The molecule has 2 aliphatic heterocycles. The highest BCUT2D eigenvalue weighted by Crippen LogP contribution is 2.35. The topological polar surface area (TPSA) is 82.6 Å². The molecule has 2 atom stereocenters. The van der Waals surface area contributed by atoms with E-state index >= 15 is 0 Å². The van der Waals surface area contributed by atoms with Crippen molar-refractivity contribution in [2.75, 3.05) is 19.6 Å². The number of nitrogens with zero attached hydrogens (tertiary/aromatic N) is 3. The molecule has 36 heavy (non-hydrogen) atoms. The van der Waals surface area contributed by atoms with Gasteiger partial charge in [-0.2, -0.15) is 0 Å². The van der Waals surface area contributed by atoms with Gasteiger partial charge in [-0.05, 0) is 48.2 Å². The van der Waals surface area contributed by atoms with Crippen LogP contribution in [0.25, 0.3) is 21.0 Å². The maximum absolute atomic E-state index is 13.5. The van der Waals surface area contributed by atoms with E-state index in [1.165, 1.54) is 0 Å². The lowest BCUT2D eigenvalue weighted by Gasteiger charge is -2.32. The summed E-state index contributed by atoms with van der Waals surface area (Å²) < 4.78 is 1.14.